The van der Waals surface area contributed by atoms with E-state index in [0.717, 1.165) is 23.4 Å². The number of nitrogens with zero attached hydrogens (tertiary/aromatic N) is 1. The van der Waals surface area contributed by atoms with Crippen LogP contribution in [0.3, 0.4) is 0 Å². The van der Waals surface area contributed by atoms with E-state index in [0.29, 0.717) is 12.0 Å². The Morgan fingerprint density at radius 3 is 2.62 bits per heavy atom. The lowest BCUT2D eigenvalue weighted by atomic mass is 10.1. The Morgan fingerprint density at radius 2 is 2.08 bits per heavy atom. The molecule has 2 N–H and O–H groups in total. The molecule has 1 aliphatic carbocycles. The van der Waals surface area contributed by atoms with Gasteiger partial charge in [-0.25, -0.2) is 0 Å². The average Bonchev–Trinajstić information content (AvgIpc) is 2.81. The first-order chi connectivity index (χ1) is 6.34. The molecule has 1 saturated carbocycles. The lowest BCUT2D eigenvalue weighted by molar-refractivity contribution is 0.140. The standard InChI is InChI=1S/C10H10N2O/c11-7-3-1-6(2-4-7)10-8-5-9(8)13-12-10/h1-4,8-9H,5,11H2/t8-,9+/m0/s1. The molecule has 1 heterocycles. The topological polar surface area (TPSA) is 47.6 Å². The van der Waals surface area contributed by atoms with Crippen LogP contribution >= 0.6 is 0 Å². The van der Waals surface area contributed by atoms with Gasteiger partial charge in [0.15, 0.2) is 0 Å². The average molecular weight is 174 g/mol. The summed E-state index contributed by atoms with van der Waals surface area (Å²) in [5.74, 6) is 0.545. The van der Waals surface area contributed by atoms with Crippen LogP contribution in [0.25, 0.3) is 0 Å². The minimum atomic E-state index is 0.368. The van der Waals surface area contributed by atoms with E-state index >= 15 is 0 Å². The normalized spacial score (nSPS) is 29.1. The van der Waals surface area contributed by atoms with Crippen molar-refractivity contribution in [3.05, 3.63) is 29.8 Å². The first-order valence-electron chi connectivity index (χ1n) is 4.44. The summed E-state index contributed by atoms with van der Waals surface area (Å²) in [5.41, 5.74) is 8.61. The molecular formula is C10H10N2O. The van der Waals surface area contributed by atoms with Gasteiger partial charge in [-0.05, 0) is 24.1 Å². The van der Waals surface area contributed by atoms with E-state index < -0.39 is 0 Å². The zero-order chi connectivity index (χ0) is 8.84. The maximum absolute atomic E-state index is 5.60. The van der Waals surface area contributed by atoms with Crippen LogP contribution in [0.15, 0.2) is 29.4 Å². The Kier molecular flexibility index (Phi) is 1.20. The summed E-state index contributed by atoms with van der Waals surface area (Å²) in [7, 11) is 0. The third kappa shape index (κ3) is 1.00. The van der Waals surface area contributed by atoms with E-state index in [1.54, 1.807) is 0 Å². The first kappa shape index (κ1) is 6.95. The van der Waals surface area contributed by atoms with Crippen LogP contribution in [0.4, 0.5) is 5.69 Å². The summed E-state index contributed by atoms with van der Waals surface area (Å²) in [6.07, 6.45) is 1.50. The lowest BCUT2D eigenvalue weighted by Crippen LogP contribution is -2.01. The molecule has 0 saturated heterocycles. The highest BCUT2D eigenvalue weighted by molar-refractivity contribution is 6.05. The van der Waals surface area contributed by atoms with E-state index in [9.17, 15) is 0 Å². The third-order valence-electron chi connectivity index (χ3n) is 2.58. The minimum Gasteiger partial charge on any atom is -0.399 e. The van der Waals surface area contributed by atoms with Crippen molar-refractivity contribution in [3.63, 3.8) is 0 Å². The van der Waals surface area contributed by atoms with Crippen molar-refractivity contribution >= 4 is 11.4 Å². The van der Waals surface area contributed by atoms with Crippen LogP contribution in [-0.4, -0.2) is 11.8 Å². The molecule has 1 aliphatic heterocycles. The Bertz CT molecular complexity index is 369. The number of anilines is 1. The molecule has 0 radical (unpaired) electrons. The van der Waals surface area contributed by atoms with Gasteiger partial charge in [0.1, 0.15) is 6.10 Å². The molecular weight excluding hydrogens is 164 g/mol. The summed E-state index contributed by atoms with van der Waals surface area (Å²) >= 11 is 0. The van der Waals surface area contributed by atoms with Gasteiger partial charge in [-0.3, -0.25) is 0 Å². The largest absolute Gasteiger partial charge is 0.399 e. The SMILES string of the molecule is Nc1ccc(C2=NO[C@@H]3C[C@H]23)cc1. The maximum Gasteiger partial charge on any atom is 0.136 e. The van der Waals surface area contributed by atoms with Crippen molar-refractivity contribution in [1.29, 1.82) is 0 Å². The molecule has 0 bridgehead atoms. The second-order valence-electron chi connectivity index (χ2n) is 3.58. The Hall–Kier alpha value is -1.51. The molecule has 0 spiro atoms. The van der Waals surface area contributed by atoms with Crippen molar-refractivity contribution in [2.75, 3.05) is 5.73 Å². The van der Waals surface area contributed by atoms with Crippen LogP contribution in [-0.2, 0) is 4.84 Å². The third-order valence-corrected chi connectivity index (χ3v) is 2.58. The van der Waals surface area contributed by atoms with Crippen molar-refractivity contribution in [2.24, 2.45) is 11.1 Å². The number of benzene rings is 1. The summed E-state index contributed by atoms with van der Waals surface area (Å²) in [5, 5.41) is 4.04. The van der Waals surface area contributed by atoms with Crippen LogP contribution in [0.1, 0.15) is 12.0 Å². The van der Waals surface area contributed by atoms with Crippen LogP contribution in [0, 0.1) is 5.92 Å². The second-order valence-corrected chi connectivity index (χ2v) is 3.58. The fourth-order valence-corrected chi connectivity index (χ4v) is 1.69. The van der Waals surface area contributed by atoms with Crippen molar-refractivity contribution in [1.82, 2.24) is 0 Å². The van der Waals surface area contributed by atoms with Gasteiger partial charge in [0.25, 0.3) is 0 Å². The summed E-state index contributed by atoms with van der Waals surface area (Å²) in [6, 6.07) is 7.79. The Labute approximate surface area is 76.2 Å². The zero-order valence-electron chi connectivity index (χ0n) is 7.10. The molecule has 1 aromatic carbocycles. The maximum atomic E-state index is 5.60. The highest BCUT2D eigenvalue weighted by Crippen LogP contribution is 2.42. The summed E-state index contributed by atoms with van der Waals surface area (Å²) in [6.45, 7) is 0. The number of rotatable bonds is 1. The highest BCUT2D eigenvalue weighted by Gasteiger charge is 2.48. The molecule has 2 aliphatic rings. The number of nitrogen functional groups attached to an aromatic ring is 1. The zero-order valence-corrected chi connectivity index (χ0v) is 7.10. The van der Waals surface area contributed by atoms with Crippen LogP contribution in [0.5, 0.6) is 0 Å². The Morgan fingerprint density at radius 1 is 1.31 bits per heavy atom. The van der Waals surface area contributed by atoms with E-state index in [2.05, 4.69) is 5.16 Å². The van der Waals surface area contributed by atoms with Crippen molar-refractivity contribution < 1.29 is 4.84 Å². The fraction of sp³-hybridized carbons (Fsp3) is 0.300. The van der Waals surface area contributed by atoms with Gasteiger partial charge in [-0.15, -0.1) is 0 Å². The van der Waals surface area contributed by atoms with E-state index in [1.807, 2.05) is 24.3 Å². The molecule has 0 unspecified atom stereocenters. The molecule has 66 valence electrons. The van der Waals surface area contributed by atoms with Crippen molar-refractivity contribution in [2.45, 2.75) is 12.5 Å². The van der Waals surface area contributed by atoms with Crippen LogP contribution in [0.2, 0.25) is 0 Å². The van der Waals surface area contributed by atoms with E-state index in [1.165, 1.54) is 0 Å². The molecule has 0 amide bonds. The second kappa shape index (κ2) is 2.25. The van der Waals surface area contributed by atoms with Gasteiger partial charge in [0.05, 0.1) is 5.71 Å². The summed E-state index contributed by atoms with van der Waals surface area (Å²) in [4.78, 5) is 5.18. The smallest absolute Gasteiger partial charge is 0.136 e. The minimum absolute atomic E-state index is 0.368. The Balaban J connectivity index is 1.96. The van der Waals surface area contributed by atoms with E-state index in [-0.39, 0.29) is 0 Å². The van der Waals surface area contributed by atoms with Gasteiger partial charge in [0.2, 0.25) is 0 Å². The quantitative estimate of drug-likeness (QED) is 0.654. The number of hydrogen-bond acceptors (Lipinski definition) is 3. The first-order valence-corrected chi connectivity index (χ1v) is 4.44. The molecule has 0 aromatic heterocycles. The summed E-state index contributed by atoms with van der Waals surface area (Å²) < 4.78 is 0. The lowest BCUT2D eigenvalue weighted by Gasteiger charge is -1.99. The molecule has 13 heavy (non-hydrogen) atoms. The predicted octanol–water partition coefficient (Wildman–Crippen LogP) is 1.39. The molecule has 1 aromatic rings. The van der Waals surface area contributed by atoms with Crippen molar-refractivity contribution in [3.8, 4) is 0 Å². The van der Waals surface area contributed by atoms with Gasteiger partial charge in [-0.2, -0.15) is 0 Å². The monoisotopic (exact) mass is 174 g/mol. The highest BCUT2D eigenvalue weighted by atomic mass is 16.7. The van der Waals surface area contributed by atoms with E-state index in [4.69, 9.17) is 10.6 Å². The number of hydrogen-bond donors (Lipinski definition) is 1. The molecule has 1 fully saturated rings. The van der Waals surface area contributed by atoms with Gasteiger partial charge in [-0.1, -0.05) is 17.3 Å². The van der Waals surface area contributed by atoms with Gasteiger partial charge in [0, 0.05) is 11.6 Å². The molecule has 3 nitrogen and oxygen atoms in total. The molecule has 2 atom stereocenters. The number of oxime groups is 1. The molecule has 3 rings (SSSR count). The van der Waals surface area contributed by atoms with Crippen LogP contribution < -0.4 is 5.73 Å². The predicted molar refractivity (Wildman–Crippen MR) is 50.4 cm³/mol. The van der Waals surface area contributed by atoms with Gasteiger partial charge < -0.3 is 10.6 Å². The number of fused-ring (bicyclic) bond motifs is 1. The molecule has 3 heteroatoms. The fourth-order valence-electron chi connectivity index (χ4n) is 1.69. The number of nitrogens with two attached hydrogens (primary N) is 1. The van der Waals surface area contributed by atoms with Gasteiger partial charge >= 0.3 is 0 Å².